The summed E-state index contributed by atoms with van der Waals surface area (Å²) in [6.07, 6.45) is 0. The maximum atomic E-state index is 11.7. The van der Waals surface area contributed by atoms with Crippen molar-refractivity contribution in [1.29, 1.82) is 0 Å². The van der Waals surface area contributed by atoms with Crippen molar-refractivity contribution in [3.8, 4) is 0 Å². The quantitative estimate of drug-likeness (QED) is 0.842. The van der Waals surface area contributed by atoms with Crippen molar-refractivity contribution in [3.63, 3.8) is 0 Å². The zero-order valence-corrected chi connectivity index (χ0v) is 11.7. The van der Waals surface area contributed by atoms with Gasteiger partial charge in [0.25, 0.3) is 0 Å². The second kappa shape index (κ2) is 5.63. The molecular formula is C11H12Cl3N3O. The number of hydrogen-bond donors (Lipinski definition) is 2. The van der Waals surface area contributed by atoms with E-state index in [9.17, 15) is 4.79 Å². The number of rotatable bonds is 3. The van der Waals surface area contributed by atoms with Crippen LogP contribution in [0, 0.1) is 0 Å². The topological polar surface area (TPSA) is 58.4 Å². The van der Waals surface area contributed by atoms with Gasteiger partial charge in [-0.1, -0.05) is 34.8 Å². The molecule has 0 bridgehead atoms. The minimum atomic E-state index is -0.151. The molecule has 1 aromatic carbocycles. The predicted molar refractivity (Wildman–Crippen MR) is 74.5 cm³/mol. The summed E-state index contributed by atoms with van der Waals surface area (Å²) < 4.78 is 0. The molecule has 0 aromatic heterocycles. The summed E-state index contributed by atoms with van der Waals surface area (Å²) in [4.78, 5) is 13.7. The van der Waals surface area contributed by atoms with Crippen molar-refractivity contribution < 1.29 is 4.79 Å². The fourth-order valence-corrected chi connectivity index (χ4v) is 2.34. The molecule has 0 radical (unpaired) electrons. The fourth-order valence-electron chi connectivity index (χ4n) is 1.75. The zero-order valence-electron chi connectivity index (χ0n) is 9.42. The molecule has 0 aliphatic carbocycles. The average molecular weight is 309 g/mol. The average Bonchev–Trinajstić information content (AvgIpc) is 2.23. The molecule has 0 spiro atoms. The van der Waals surface area contributed by atoms with E-state index in [1.165, 1.54) is 12.1 Å². The van der Waals surface area contributed by atoms with Crippen LogP contribution in [0.15, 0.2) is 12.1 Å². The van der Waals surface area contributed by atoms with Crippen molar-refractivity contribution >= 4 is 46.4 Å². The Morgan fingerprint density at radius 2 is 1.89 bits per heavy atom. The molecule has 18 heavy (non-hydrogen) atoms. The summed E-state index contributed by atoms with van der Waals surface area (Å²) >= 11 is 17.6. The first kappa shape index (κ1) is 13.9. The van der Waals surface area contributed by atoms with Crippen LogP contribution in [0.25, 0.3) is 0 Å². The van der Waals surface area contributed by atoms with Gasteiger partial charge in [0.1, 0.15) is 0 Å². The van der Waals surface area contributed by atoms with Crippen molar-refractivity contribution in [3.05, 3.63) is 27.2 Å². The normalized spacial score (nSPS) is 16.4. The third-order valence-corrected chi connectivity index (χ3v) is 3.67. The molecule has 1 heterocycles. The van der Waals surface area contributed by atoms with E-state index < -0.39 is 0 Å². The van der Waals surface area contributed by atoms with Gasteiger partial charge in [0, 0.05) is 19.1 Å². The van der Waals surface area contributed by atoms with Crippen molar-refractivity contribution in [2.24, 2.45) is 5.73 Å². The Labute approximate surface area is 120 Å². The summed E-state index contributed by atoms with van der Waals surface area (Å²) in [6, 6.07) is 3.21. The number of nitrogens with zero attached hydrogens (tertiary/aromatic N) is 1. The standard InChI is InChI=1S/C11H12Cl3N3O/c12-7-1-9(14)10(2-8(7)13)16-11(18)5-17-3-6(15)4-17/h1-2,6H,3-5,15H2,(H,16,18). The number of amides is 1. The minimum absolute atomic E-state index is 0.151. The van der Waals surface area contributed by atoms with Gasteiger partial charge < -0.3 is 11.1 Å². The minimum Gasteiger partial charge on any atom is -0.325 e. The van der Waals surface area contributed by atoms with Gasteiger partial charge in [-0.15, -0.1) is 0 Å². The van der Waals surface area contributed by atoms with E-state index in [2.05, 4.69) is 5.32 Å². The Balaban J connectivity index is 1.96. The number of halogens is 3. The number of nitrogens with one attached hydrogen (secondary N) is 1. The highest BCUT2D eigenvalue weighted by atomic mass is 35.5. The molecule has 98 valence electrons. The maximum absolute atomic E-state index is 11.7. The lowest BCUT2D eigenvalue weighted by atomic mass is 10.1. The second-order valence-corrected chi connectivity index (χ2v) is 5.47. The van der Waals surface area contributed by atoms with Gasteiger partial charge in [-0.25, -0.2) is 0 Å². The number of carbonyl (C=O) groups is 1. The summed E-state index contributed by atoms with van der Waals surface area (Å²) in [5, 5.41) is 3.76. The lowest BCUT2D eigenvalue weighted by Crippen LogP contribution is -2.57. The largest absolute Gasteiger partial charge is 0.325 e. The van der Waals surface area contributed by atoms with Crippen LogP contribution in [0.5, 0.6) is 0 Å². The van der Waals surface area contributed by atoms with Crippen LogP contribution in [0.1, 0.15) is 0 Å². The van der Waals surface area contributed by atoms with Gasteiger partial charge >= 0.3 is 0 Å². The smallest absolute Gasteiger partial charge is 0.238 e. The zero-order chi connectivity index (χ0) is 13.3. The van der Waals surface area contributed by atoms with Gasteiger partial charge in [-0.3, -0.25) is 9.69 Å². The molecule has 1 aliphatic rings. The highest BCUT2D eigenvalue weighted by Gasteiger charge is 2.24. The second-order valence-electron chi connectivity index (χ2n) is 4.25. The third-order valence-electron chi connectivity index (χ3n) is 2.64. The van der Waals surface area contributed by atoms with E-state index in [1.807, 2.05) is 4.90 Å². The molecule has 3 N–H and O–H groups in total. The molecule has 0 unspecified atom stereocenters. The van der Waals surface area contributed by atoms with Gasteiger partial charge in [0.2, 0.25) is 5.91 Å². The predicted octanol–water partition coefficient (Wildman–Crippen LogP) is 2.23. The molecule has 7 heteroatoms. The number of nitrogens with two attached hydrogens (primary N) is 1. The molecule has 0 saturated carbocycles. The molecule has 1 aromatic rings. The fraction of sp³-hybridized carbons (Fsp3) is 0.364. The summed E-state index contributed by atoms with van der Waals surface area (Å²) in [7, 11) is 0. The molecule has 1 saturated heterocycles. The molecule has 1 fully saturated rings. The Hall–Kier alpha value is -0.520. The van der Waals surface area contributed by atoms with E-state index in [4.69, 9.17) is 40.5 Å². The van der Waals surface area contributed by atoms with Crippen LogP contribution in [-0.2, 0) is 4.79 Å². The molecular weight excluding hydrogens is 296 g/mol. The highest BCUT2D eigenvalue weighted by Crippen LogP contribution is 2.32. The Morgan fingerprint density at radius 3 is 2.50 bits per heavy atom. The molecule has 1 amide bonds. The van der Waals surface area contributed by atoms with Crippen LogP contribution in [0.2, 0.25) is 15.1 Å². The molecule has 0 atom stereocenters. The first-order valence-corrected chi connectivity index (χ1v) is 6.51. The number of benzene rings is 1. The van der Waals surface area contributed by atoms with E-state index in [0.717, 1.165) is 13.1 Å². The maximum Gasteiger partial charge on any atom is 0.238 e. The van der Waals surface area contributed by atoms with Crippen molar-refractivity contribution in [1.82, 2.24) is 4.90 Å². The summed E-state index contributed by atoms with van der Waals surface area (Å²) in [6.45, 7) is 1.77. The lowest BCUT2D eigenvalue weighted by molar-refractivity contribution is -0.118. The third kappa shape index (κ3) is 3.28. The Kier molecular flexibility index (Phi) is 4.35. The Morgan fingerprint density at radius 1 is 1.28 bits per heavy atom. The number of anilines is 1. The van der Waals surface area contributed by atoms with Crippen LogP contribution < -0.4 is 11.1 Å². The lowest BCUT2D eigenvalue weighted by Gasteiger charge is -2.36. The van der Waals surface area contributed by atoms with E-state index >= 15 is 0 Å². The summed E-state index contributed by atoms with van der Waals surface area (Å²) in [5.41, 5.74) is 6.09. The molecule has 2 rings (SSSR count). The highest BCUT2D eigenvalue weighted by molar-refractivity contribution is 6.44. The summed E-state index contributed by atoms with van der Waals surface area (Å²) in [5.74, 6) is -0.151. The van der Waals surface area contributed by atoms with Crippen molar-refractivity contribution in [2.75, 3.05) is 25.0 Å². The van der Waals surface area contributed by atoms with Crippen LogP contribution in [-0.4, -0.2) is 36.5 Å². The van der Waals surface area contributed by atoms with Gasteiger partial charge in [0.05, 0.1) is 27.3 Å². The Bertz CT molecular complexity index is 475. The molecule has 1 aliphatic heterocycles. The van der Waals surface area contributed by atoms with E-state index in [0.29, 0.717) is 27.3 Å². The van der Waals surface area contributed by atoms with Gasteiger partial charge in [-0.2, -0.15) is 0 Å². The van der Waals surface area contributed by atoms with E-state index in [-0.39, 0.29) is 11.9 Å². The molecule has 4 nitrogen and oxygen atoms in total. The van der Waals surface area contributed by atoms with Gasteiger partial charge in [-0.05, 0) is 12.1 Å². The number of hydrogen-bond acceptors (Lipinski definition) is 3. The van der Waals surface area contributed by atoms with Crippen LogP contribution in [0.3, 0.4) is 0 Å². The number of likely N-dealkylation sites (tertiary alicyclic amines) is 1. The number of carbonyl (C=O) groups excluding carboxylic acids is 1. The first-order chi connectivity index (χ1) is 8.45. The van der Waals surface area contributed by atoms with Crippen LogP contribution >= 0.6 is 34.8 Å². The van der Waals surface area contributed by atoms with Crippen molar-refractivity contribution in [2.45, 2.75) is 6.04 Å². The van der Waals surface area contributed by atoms with E-state index in [1.54, 1.807) is 0 Å². The first-order valence-electron chi connectivity index (χ1n) is 5.38. The van der Waals surface area contributed by atoms with Gasteiger partial charge in [0.15, 0.2) is 0 Å². The SMILES string of the molecule is NC1CN(CC(=O)Nc2cc(Cl)c(Cl)cc2Cl)C1. The van der Waals surface area contributed by atoms with Crippen LogP contribution in [0.4, 0.5) is 5.69 Å². The monoisotopic (exact) mass is 307 g/mol.